The lowest BCUT2D eigenvalue weighted by Gasteiger charge is -2.34. The van der Waals surface area contributed by atoms with Gasteiger partial charge in [0.2, 0.25) is 5.91 Å². The largest absolute Gasteiger partial charge is 0.469 e. The van der Waals surface area contributed by atoms with E-state index in [1.807, 2.05) is 49.4 Å². The van der Waals surface area contributed by atoms with Crippen LogP contribution in [0, 0.1) is 18.8 Å². The summed E-state index contributed by atoms with van der Waals surface area (Å²) < 4.78 is 31.4. The summed E-state index contributed by atoms with van der Waals surface area (Å²) in [5, 5.41) is 3.20. The third-order valence-corrected chi connectivity index (χ3v) is 8.01. The summed E-state index contributed by atoms with van der Waals surface area (Å²) in [4.78, 5) is 31.3. The molecule has 2 fully saturated rings. The third kappa shape index (κ3) is 6.24. The van der Waals surface area contributed by atoms with Gasteiger partial charge in [0.25, 0.3) is 6.01 Å². The summed E-state index contributed by atoms with van der Waals surface area (Å²) in [6.07, 6.45) is 1.50. The molecule has 3 aromatic rings. The number of alkyl halides is 1. The van der Waals surface area contributed by atoms with E-state index >= 15 is 0 Å². The number of rotatable bonds is 8. The molecule has 9 heteroatoms. The number of fused-ring (bicyclic) bond motifs is 1. The molecular weight excluding hydrogens is 501 g/mol. The summed E-state index contributed by atoms with van der Waals surface area (Å²) >= 11 is 0. The topological polar surface area (TPSA) is 93.9 Å². The number of esters is 1. The Hall–Kier alpha value is -3.46. The highest BCUT2D eigenvalue weighted by atomic mass is 19.1. The molecule has 0 radical (unpaired) electrons. The van der Waals surface area contributed by atoms with Crippen LogP contribution in [0.1, 0.15) is 43.7 Å². The number of amides is 1. The minimum Gasteiger partial charge on any atom is -0.469 e. The van der Waals surface area contributed by atoms with Crippen molar-refractivity contribution in [3.05, 3.63) is 53.6 Å². The quantitative estimate of drug-likeness (QED) is 0.387. The number of carbonyl (C=O) groups excluding carboxylic acids is 2. The van der Waals surface area contributed by atoms with Gasteiger partial charge < -0.3 is 24.1 Å². The molecule has 0 spiro atoms. The number of aromatic nitrogens is 1. The highest BCUT2D eigenvalue weighted by molar-refractivity contribution is 5.82. The number of nitrogens with one attached hydrogen (secondary N) is 1. The second kappa shape index (κ2) is 11.7. The van der Waals surface area contributed by atoms with E-state index in [-0.39, 0.29) is 55.2 Å². The maximum absolute atomic E-state index is 14.4. The number of hydrogen-bond acceptors (Lipinski definition) is 7. The molecule has 3 unspecified atom stereocenters. The van der Waals surface area contributed by atoms with Crippen molar-refractivity contribution in [2.75, 3.05) is 25.6 Å². The SMILES string of the molecule is COC(=O)C1CCC(OC[C@@H]2C[C@H](F)CN2C(=O)Cc2ccc3nc(Nc4ccccc4C)oc3c2)C(C)C1. The van der Waals surface area contributed by atoms with E-state index in [0.717, 1.165) is 23.2 Å². The second-order valence-electron chi connectivity index (χ2n) is 10.9. The Labute approximate surface area is 227 Å². The van der Waals surface area contributed by atoms with Gasteiger partial charge >= 0.3 is 5.97 Å². The van der Waals surface area contributed by atoms with Gasteiger partial charge in [0, 0.05) is 12.1 Å². The van der Waals surface area contributed by atoms with Gasteiger partial charge in [-0.05, 0) is 61.4 Å². The van der Waals surface area contributed by atoms with E-state index in [0.29, 0.717) is 36.6 Å². The van der Waals surface area contributed by atoms with Crippen molar-refractivity contribution in [1.82, 2.24) is 9.88 Å². The molecule has 1 amide bonds. The van der Waals surface area contributed by atoms with Crippen LogP contribution in [0.15, 0.2) is 46.9 Å². The van der Waals surface area contributed by atoms with Crippen molar-refractivity contribution in [1.29, 1.82) is 0 Å². The van der Waals surface area contributed by atoms with Crippen LogP contribution >= 0.6 is 0 Å². The van der Waals surface area contributed by atoms with Crippen LogP contribution < -0.4 is 5.32 Å². The highest BCUT2D eigenvalue weighted by Crippen LogP contribution is 2.33. The zero-order valence-electron chi connectivity index (χ0n) is 22.7. The average molecular weight is 538 g/mol. The van der Waals surface area contributed by atoms with Gasteiger partial charge in [0.05, 0.1) is 44.7 Å². The fraction of sp³-hybridized carbons (Fsp3) is 0.500. The number of anilines is 2. The first-order valence-corrected chi connectivity index (χ1v) is 13.7. The molecule has 208 valence electrons. The molecule has 1 aliphatic carbocycles. The van der Waals surface area contributed by atoms with Gasteiger partial charge in [-0.25, -0.2) is 4.39 Å². The van der Waals surface area contributed by atoms with Crippen molar-refractivity contribution >= 4 is 34.7 Å². The fourth-order valence-corrected chi connectivity index (χ4v) is 5.79. The number of para-hydroxylation sites is 1. The number of hydrogen-bond donors (Lipinski definition) is 1. The van der Waals surface area contributed by atoms with Crippen LogP contribution in [0.2, 0.25) is 0 Å². The first-order valence-electron chi connectivity index (χ1n) is 13.7. The van der Waals surface area contributed by atoms with Gasteiger partial charge in [-0.3, -0.25) is 9.59 Å². The first-order chi connectivity index (χ1) is 18.8. The summed E-state index contributed by atoms with van der Waals surface area (Å²) in [5.74, 6) is -0.215. The lowest BCUT2D eigenvalue weighted by molar-refractivity contribution is -0.149. The molecule has 0 bridgehead atoms. The second-order valence-corrected chi connectivity index (χ2v) is 10.9. The van der Waals surface area contributed by atoms with Gasteiger partial charge in [-0.2, -0.15) is 4.98 Å². The summed E-state index contributed by atoms with van der Waals surface area (Å²) in [5.41, 5.74) is 4.04. The average Bonchev–Trinajstić information content (AvgIpc) is 3.50. The number of carbonyl (C=O) groups is 2. The van der Waals surface area contributed by atoms with E-state index in [2.05, 4.69) is 17.2 Å². The number of methoxy groups -OCH3 is 1. The molecular formula is C30H36FN3O5. The number of aryl methyl sites for hydroxylation is 1. The van der Waals surface area contributed by atoms with Crippen molar-refractivity contribution in [3.8, 4) is 0 Å². The first kappa shape index (κ1) is 27.1. The van der Waals surface area contributed by atoms with Crippen molar-refractivity contribution < 1.29 is 27.9 Å². The number of benzene rings is 2. The Morgan fingerprint density at radius 2 is 2.00 bits per heavy atom. The minimum absolute atomic E-state index is 0.0159. The lowest BCUT2D eigenvalue weighted by Crippen LogP contribution is -2.41. The standard InChI is InChI=1S/C30H36FN3O5/c1-18-6-4-5-7-24(18)32-30-33-25-10-8-20(13-27(25)39-30)14-28(35)34-16-22(31)15-23(34)17-38-26-11-9-21(12-19(26)2)29(36)37-3/h4-8,10,13,19,21-23,26H,9,11-12,14-17H2,1-3H3,(H,32,33)/t19?,21?,22-,23-,26?/m0/s1. The molecule has 1 N–H and O–H groups in total. The van der Waals surface area contributed by atoms with E-state index < -0.39 is 6.17 Å². The maximum Gasteiger partial charge on any atom is 0.308 e. The van der Waals surface area contributed by atoms with Crippen molar-refractivity contribution in [2.24, 2.45) is 11.8 Å². The van der Waals surface area contributed by atoms with E-state index in [1.54, 1.807) is 4.90 Å². The van der Waals surface area contributed by atoms with Crippen LogP contribution in [-0.4, -0.2) is 60.3 Å². The Balaban J connectivity index is 1.19. The van der Waals surface area contributed by atoms with Gasteiger partial charge in [-0.15, -0.1) is 0 Å². The molecule has 5 atom stereocenters. The number of oxazole rings is 1. The summed E-state index contributed by atoms with van der Waals surface area (Å²) in [6, 6.07) is 13.5. The van der Waals surface area contributed by atoms with Crippen molar-refractivity contribution in [3.63, 3.8) is 0 Å². The molecule has 2 aliphatic rings. The Morgan fingerprint density at radius 3 is 2.77 bits per heavy atom. The normalized spacial score (nSPS) is 25.1. The lowest BCUT2D eigenvalue weighted by atomic mass is 9.80. The minimum atomic E-state index is -1.07. The van der Waals surface area contributed by atoms with Crippen LogP contribution in [0.25, 0.3) is 11.1 Å². The Bertz CT molecular complexity index is 1330. The van der Waals surface area contributed by atoms with E-state index in [9.17, 15) is 14.0 Å². The highest BCUT2D eigenvalue weighted by Gasteiger charge is 2.38. The van der Waals surface area contributed by atoms with E-state index in [4.69, 9.17) is 13.9 Å². The van der Waals surface area contributed by atoms with Gasteiger partial charge in [-0.1, -0.05) is 31.2 Å². The molecule has 2 aromatic carbocycles. The predicted molar refractivity (Wildman–Crippen MR) is 145 cm³/mol. The zero-order valence-corrected chi connectivity index (χ0v) is 22.7. The molecule has 1 saturated carbocycles. The number of nitrogens with zero attached hydrogens (tertiary/aromatic N) is 2. The molecule has 39 heavy (non-hydrogen) atoms. The molecule has 5 rings (SSSR count). The monoisotopic (exact) mass is 537 g/mol. The number of likely N-dealkylation sites (tertiary alicyclic amines) is 1. The van der Waals surface area contributed by atoms with Crippen LogP contribution in [0.5, 0.6) is 0 Å². The van der Waals surface area contributed by atoms with Gasteiger partial charge in [0.1, 0.15) is 11.7 Å². The van der Waals surface area contributed by atoms with Crippen LogP contribution in [-0.2, 0) is 25.5 Å². The molecule has 1 aromatic heterocycles. The number of ether oxygens (including phenoxy) is 2. The van der Waals surface area contributed by atoms with Crippen LogP contribution in [0.3, 0.4) is 0 Å². The van der Waals surface area contributed by atoms with Crippen LogP contribution in [0.4, 0.5) is 16.1 Å². The summed E-state index contributed by atoms with van der Waals surface area (Å²) in [7, 11) is 1.42. The molecule has 1 saturated heterocycles. The van der Waals surface area contributed by atoms with Gasteiger partial charge in [0.15, 0.2) is 5.58 Å². The predicted octanol–water partition coefficient (Wildman–Crippen LogP) is 5.36. The number of halogens is 1. The molecule has 1 aliphatic heterocycles. The van der Waals surface area contributed by atoms with E-state index in [1.165, 1.54) is 7.11 Å². The molecule has 2 heterocycles. The zero-order chi connectivity index (χ0) is 27.5. The third-order valence-electron chi connectivity index (χ3n) is 8.01. The smallest absolute Gasteiger partial charge is 0.308 e. The Morgan fingerprint density at radius 1 is 1.18 bits per heavy atom. The fourth-order valence-electron chi connectivity index (χ4n) is 5.79. The maximum atomic E-state index is 14.4. The Kier molecular flexibility index (Phi) is 8.16. The molecule has 8 nitrogen and oxygen atoms in total. The van der Waals surface area contributed by atoms with Crippen molar-refractivity contribution in [2.45, 2.75) is 64.3 Å². The summed E-state index contributed by atoms with van der Waals surface area (Å²) in [6.45, 7) is 4.44.